The van der Waals surface area contributed by atoms with Crippen LogP contribution >= 0.6 is 23.2 Å². The molecule has 0 aromatic carbocycles. The average molecular weight is 245 g/mol. The quantitative estimate of drug-likeness (QED) is 0.647. The van der Waals surface area contributed by atoms with Crippen LogP contribution in [0.1, 0.15) is 6.42 Å². The molecule has 0 aliphatic heterocycles. The summed E-state index contributed by atoms with van der Waals surface area (Å²) in [5.74, 6) is -1.88. The second-order valence-corrected chi connectivity index (χ2v) is 3.52. The Balaban J connectivity index is 3.12. The minimum Gasteiger partial charge on any atom is -0.276 e. The number of carbonyl (C=O) groups is 1. The lowest BCUT2D eigenvalue weighted by atomic mass is 9.91. The lowest BCUT2D eigenvalue weighted by molar-refractivity contribution is -0.165. The van der Waals surface area contributed by atoms with Crippen LogP contribution < -0.4 is 0 Å². The van der Waals surface area contributed by atoms with Crippen molar-refractivity contribution in [3.63, 3.8) is 0 Å². The van der Waals surface area contributed by atoms with E-state index in [2.05, 4.69) is 0 Å². The van der Waals surface area contributed by atoms with Gasteiger partial charge in [-0.25, -0.2) is 0 Å². The van der Waals surface area contributed by atoms with E-state index in [1.807, 2.05) is 0 Å². The van der Waals surface area contributed by atoms with Gasteiger partial charge in [-0.3, -0.25) is 4.79 Å². The van der Waals surface area contributed by atoms with Gasteiger partial charge in [0.15, 0.2) is 0 Å². The number of alkyl halides is 3. The third-order valence-electron chi connectivity index (χ3n) is 1.85. The fourth-order valence-corrected chi connectivity index (χ4v) is 1.80. The number of carbonyl (C=O) groups excluding carboxylic acids is 1. The second kappa shape index (κ2) is 3.95. The van der Waals surface area contributed by atoms with Crippen LogP contribution in [0.3, 0.4) is 0 Å². The number of allylic oxidation sites excluding steroid dienone is 4. The largest absolute Gasteiger partial charge is 0.396 e. The zero-order valence-corrected chi connectivity index (χ0v) is 8.25. The minimum absolute atomic E-state index is 0.237. The Kier molecular flexibility index (Phi) is 3.27. The molecule has 0 bridgehead atoms. The normalized spacial score (nSPS) is 22.8. The molecule has 1 unspecified atom stereocenters. The predicted molar refractivity (Wildman–Crippen MR) is 47.0 cm³/mol. The standard InChI is InChI=1S/C8H5Cl2F3O/c9-5-3-1-2-4(8(11,12)13)6(5)7(10)14/h1,3-4H,2H2. The van der Waals surface area contributed by atoms with E-state index in [0.717, 1.165) is 0 Å². The van der Waals surface area contributed by atoms with Crippen molar-refractivity contribution in [3.05, 3.63) is 22.8 Å². The Bertz CT molecular complexity index is 317. The van der Waals surface area contributed by atoms with E-state index in [4.69, 9.17) is 23.2 Å². The third-order valence-corrected chi connectivity index (χ3v) is 2.38. The molecule has 78 valence electrons. The summed E-state index contributed by atoms with van der Waals surface area (Å²) >= 11 is 10.5. The molecule has 0 N–H and O–H groups in total. The Morgan fingerprint density at radius 2 is 2.07 bits per heavy atom. The van der Waals surface area contributed by atoms with Crippen molar-refractivity contribution in [3.8, 4) is 0 Å². The zero-order chi connectivity index (χ0) is 10.9. The molecule has 1 atom stereocenters. The van der Waals surface area contributed by atoms with E-state index < -0.39 is 22.9 Å². The van der Waals surface area contributed by atoms with Crippen molar-refractivity contribution in [1.29, 1.82) is 0 Å². The molecule has 6 heteroatoms. The maximum Gasteiger partial charge on any atom is 0.396 e. The molecule has 0 aromatic rings. The molecule has 0 saturated heterocycles. The Morgan fingerprint density at radius 3 is 2.43 bits per heavy atom. The summed E-state index contributed by atoms with van der Waals surface area (Å²) < 4.78 is 37.2. The molecule has 1 aliphatic rings. The van der Waals surface area contributed by atoms with Crippen molar-refractivity contribution in [2.24, 2.45) is 5.92 Å². The van der Waals surface area contributed by atoms with Crippen LogP contribution in [-0.2, 0) is 4.79 Å². The summed E-state index contributed by atoms with van der Waals surface area (Å²) in [4.78, 5) is 10.8. The van der Waals surface area contributed by atoms with Gasteiger partial charge >= 0.3 is 6.18 Å². The number of halogens is 5. The van der Waals surface area contributed by atoms with E-state index in [1.165, 1.54) is 12.2 Å². The average Bonchev–Trinajstić information content (AvgIpc) is 2.01. The number of rotatable bonds is 1. The van der Waals surface area contributed by atoms with E-state index in [1.54, 1.807) is 0 Å². The molecular weight excluding hydrogens is 240 g/mol. The second-order valence-electron chi connectivity index (χ2n) is 2.77. The topological polar surface area (TPSA) is 17.1 Å². The first-order valence-electron chi connectivity index (χ1n) is 3.66. The summed E-state index contributed by atoms with van der Waals surface area (Å²) in [6.45, 7) is 0. The van der Waals surface area contributed by atoms with Crippen molar-refractivity contribution in [2.75, 3.05) is 0 Å². The smallest absolute Gasteiger partial charge is 0.276 e. The van der Waals surface area contributed by atoms with Gasteiger partial charge in [0.2, 0.25) is 5.24 Å². The van der Waals surface area contributed by atoms with E-state index in [-0.39, 0.29) is 11.5 Å². The van der Waals surface area contributed by atoms with Gasteiger partial charge in [0.05, 0.1) is 5.92 Å². The van der Waals surface area contributed by atoms with E-state index in [0.29, 0.717) is 0 Å². The highest BCUT2D eigenvalue weighted by Gasteiger charge is 2.44. The van der Waals surface area contributed by atoms with Gasteiger partial charge in [-0.1, -0.05) is 17.7 Å². The molecule has 14 heavy (non-hydrogen) atoms. The van der Waals surface area contributed by atoms with Crippen LogP contribution in [0.15, 0.2) is 22.8 Å². The molecule has 0 fully saturated rings. The van der Waals surface area contributed by atoms with E-state index in [9.17, 15) is 18.0 Å². The minimum atomic E-state index is -4.50. The summed E-state index contributed by atoms with van der Waals surface area (Å²) in [5.41, 5.74) is -0.566. The maximum absolute atomic E-state index is 12.4. The van der Waals surface area contributed by atoms with Gasteiger partial charge in [0.25, 0.3) is 0 Å². The fraction of sp³-hybridized carbons (Fsp3) is 0.375. The molecule has 1 aliphatic carbocycles. The molecule has 1 rings (SSSR count). The maximum atomic E-state index is 12.4. The van der Waals surface area contributed by atoms with E-state index >= 15 is 0 Å². The summed E-state index contributed by atoms with van der Waals surface area (Å²) in [6.07, 6.45) is -2.28. The van der Waals surface area contributed by atoms with Crippen molar-refractivity contribution >= 4 is 28.4 Å². The van der Waals surface area contributed by atoms with Crippen LogP contribution in [-0.4, -0.2) is 11.4 Å². The van der Waals surface area contributed by atoms with Gasteiger partial charge < -0.3 is 0 Å². The first kappa shape index (κ1) is 11.6. The van der Waals surface area contributed by atoms with Crippen LogP contribution in [0.4, 0.5) is 13.2 Å². The van der Waals surface area contributed by atoms with Crippen LogP contribution in [0, 0.1) is 5.92 Å². The Labute approximate surface area is 88.2 Å². The molecular formula is C8H5Cl2F3O. The highest BCUT2D eigenvalue weighted by molar-refractivity contribution is 6.68. The zero-order valence-electron chi connectivity index (χ0n) is 6.74. The van der Waals surface area contributed by atoms with Gasteiger partial charge in [0, 0.05) is 10.6 Å². The molecule has 0 saturated carbocycles. The first-order chi connectivity index (χ1) is 6.34. The number of hydrogen-bond donors (Lipinski definition) is 0. The van der Waals surface area contributed by atoms with Crippen molar-refractivity contribution in [2.45, 2.75) is 12.6 Å². The van der Waals surface area contributed by atoms with Gasteiger partial charge in [0.1, 0.15) is 0 Å². The lowest BCUT2D eigenvalue weighted by Gasteiger charge is -2.22. The van der Waals surface area contributed by atoms with Crippen molar-refractivity contribution in [1.82, 2.24) is 0 Å². The summed E-state index contributed by atoms with van der Waals surface area (Å²) in [7, 11) is 0. The van der Waals surface area contributed by atoms with Crippen molar-refractivity contribution < 1.29 is 18.0 Å². The lowest BCUT2D eigenvalue weighted by Crippen LogP contribution is -2.28. The third kappa shape index (κ3) is 2.30. The molecule has 0 amide bonds. The Morgan fingerprint density at radius 1 is 1.50 bits per heavy atom. The molecule has 0 spiro atoms. The molecule has 0 aromatic heterocycles. The highest BCUT2D eigenvalue weighted by Crippen LogP contribution is 2.40. The molecule has 0 radical (unpaired) electrons. The van der Waals surface area contributed by atoms with Gasteiger partial charge in [-0.2, -0.15) is 13.2 Å². The SMILES string of the molecule is O=C(Cl)C1=C(Cl)C=CCC1C(F)(F)F. The summed E-state index contributed by atoms with van der Waals surface area (Å²) in [5, 5.41) is -1.39. The fourth-order valence-electron chi connectivity index (χ4n) is 1.21. The number of hydrogen-bond acceptors (Lipinski definition) is 1. The van der Waals surface area contributed by atoms with Crippen LogP contribution in [0.5, 0.6) is 0 Å². The monoisotopic (exact) mass is 244 g/mol. The molecule has 1 nitrogen and oxygen atoms in total. The first-order valence-corrected chi connectivity index (χ1v) is 4.42. The molecule has 0 heterocycles. The highest BCUT2D eigenvalue weighted by atomic mass is 35.5. The van der Waals surface area contributed by atoms with Crippen LogP contribution in [0.2, 0.25) is 0 Å². The predicted octanol–water partition coefficient (Wildman–Crippen LogP) is 3.38. The van der Waals surface area contributed by atoms with Crippen LogP contribution in [0.25, 0.3) is 0 Å². The van der Waals surface area contributed by atoms with Gasteiger partial charge in [-0.15, -0.1) is 0 Å². The summed E-state index contributed by atoms with van der Waals surface area (Å²) in [6, 6.07) is 0. The van der Waals surface area contributed by atoms with Gasteiger partial charge in [-0.05, 0) is 24.1 Å². The Hall–Kier alpha value is -0.480.